The summed E-state index contributed by atoms with van der Waals surface area (Å²) < 4.78 is 0. The van der Waals surface area contributed by atoms with Gasteiger partial charge in [0.15, 0.2) is 0 Å². The van der Waals surface area contributed by atoms with Crippen molar-refractivity contribution in [1.29, 1.82) is 0 Å². The fourth-order valence-corrected chi connectivity index (χ4v) is 0. The van der Waals surface area contributed by atoms with Gasteiger partial charge in [-0.25, -0.2) is 0 Å². The van der Waals surface area contributed by atoms with Gasteiger partial charge in [0.2, 0.25) is 0 Å². The summed E-state index contributed by atoms with van der Waals surface area (Å²) in [5, 5.41) is 14.8. The number of nitrogens with zero attached hydrogens (tertiary/aromatic N) is 1. The topological polar surface area (TPSA) is 224 Å². The summed E-state index contributed by atoms with van der Waals surface area (Å²) in [7, 11) is 0. The first-order valence-corrected chi connectivity index (χ1v) is 0.548. The molecule has 0 fully saturated rings. The van der Waals surface area contributed by atoms with Gasteiger partial charge in [-0.1, -0.05) is 0 Å². The van der Waals surface area contributed by atoms with E-state index in [9.17, 15) is 0 Å². The second kappa shape index (κ2) is 64.3. The first kappa shape index (κ1) is 90.4. The number of hydrogen-bond donors (Lipinski definition) is 0. The first-order chi connectivity index (χ1) is 1.73. The molecule has 10 N–H and O–H groups in total. The maximum atomic E-state index is 8.25. The van der Waals surface area contributed by atoms with Gasteiger partial charge >= 0.3 is 0 Å². The van der Waals surface area contributed by atoms with Gasteiger partial charge in [-0.15, -0.1) is 0 Å². The zero-order valence-electron chi connectivity index (χ0n) is 4.58. The van der Waals surface area contributed by atoms with E-state index in [-0.39, 0.29) is 56.6 Å². The Labute approximate surface area is 77.2 Å². The van der Waals surface area contributed by atoms with Crippen LogP contribution in [0.2, 0.25) is 0 Å². The largest absolute Gasteiger partial charge is 0.412 e. The molecule has 0 aromatic heterocycles. The molecule has 0 aliphatic heterocycles. The predicted molar refractivity (Wildman–Crippen MR) is 28.4 cm³/mol. The van der Waals surface area contributed by atoms with Crippen molar-refractivity contribution in [2.75, 3.05) is 0 Å². The Balaban J connectivity index is -0.00000000300. The molecule has 0 saturated heterocycles. The van der Waals surface area contributed by atoms with Gasteiger partial charge in [0.25, 0.3) is 0 Å². The summed E-state index contributed by atoms with van der Waals surface area (Å²) >= 11 is 0. The fourth-order valence-electron chi connectivity index (χ4n) is 0. The van der Waals surface area contributed by atoms with Crippen molar-refractivity contribution in [1.82, 2.24) is 0 Å². The van der Waals surface area contributed by atoms with Crippen molar-refractivity contribution in [2.45, 2.75) is 0 Å². The van der Waals surface area contributed by atoms with Crippen LogP contribution in [0.5, 0.6) is 0 Å². The van der Waals surface area contributed by atoms with E-state index in [2.05, 4.69) is 0 Å². The van der Waals surface area contributed by atoms with Crippen LogP contribution in [0.25, 0.3) is 0 Å². The van der Waals surface area contributed by atoms with Crippen molar-refractivity contribution in [3.8, 4) is 0 Å². The van der Waals surface area contributed by atoms with Crippen LogP contribution < -0.4 is 0 Å². The van der Waals surface area contributed by atoms with Gasteiger partial charge in [-0.3, -0.25) is 0 Å². The molecule has 0 aliphatic carbocycles. The maximum absolute atomic E-state index is 8.25. The molecule has 0 atom stereocenters. The van der Waals surface area contributed by atoms with E-state index < -0.39 is 5.09 Å². The molecule has 0 bridgehead atoms. The summed E-state index contributed by atoms with van der Waals surface area (Å²) in [6.45, 7) is 0. The van der Waals surface area contributed by atoms with Gasteiger partial charge < -0.3 is 42.7 Å². The average Bonchev–Trinajstić information content (AvgIpc) is 0.811. The first-order valence-electron chi connectivity index (χ1n) is 0.548. The van der Waals surface area contributed by atoms with Gasteiger partial charge in [0.05, 0.1) is 5.09 Å². The zero-order valence-corrected chi connectivity index (χ0v) is 7.98. The Kier molecular flexibility index (Phi) is 581. The van der Waals surface area contributed by atoms with Crippen LogP contribution in [0.15, 0.2) is 0 Å². The van der Waals surface area contributed by atoms with Crippen LogP contribution in [0.1, 0.15) is 0 Å². The van der Waals surface area contributed by atoms with Crippen LogP contribution in [0.4, 0.5) is 0 Å². The van der Waals surface area contributed by atoms with E-state index in [4.69, 9.17) is 15.3 Å². The van der Waals surface area contributed by atoms with Crippen molar-refractivity contribution in [2.24, 2.45) is 0 Å². The van der Waals surface area contributed by atoms with Crippen molar-refractivity contribution >= 4 is 0 Å². The summed E-state index contributed by atoms with van der Waals surface area (Å²) in [6.07, 6.45) is 0. The molecule has 0 radical (unpaired) electrons. The predicted octanol–water partition coefficient (Wildman–Crippen LogP) is -4.36. The van der Waals surface area contributed by atoms with Gasteiger partial charge in [0, 0.05) is 29.2 Å². The van der Waals surface area contributed by atoms with Crippen LogP contribution in [-0.4, -0.2) is 32.5 Å². The van der Waals surface area contributed by atoms with Crippen LogP contribution >= 0.6 is 0 Å². The molecule has 10 heteroatoms. The number of hydrogen-bond acceptors (Lipinski definition) is 3. The molecule has 70 valence electrons. The quantitative estimate of drug-likeness (QED) is 0.292. The Morgan fingerprint density at radius 3 is 0.800 bits per heavy atom. The van der Waals surface area contributed by atoms with Crippen LogP contribution in [-0.2, 0) is 0 Å². The molecule has 0 saturated carbocycles. The second-order valence-corrected chi connectivity index (χ2v) is 0.224. The molecular weight excluding hydrogens is 386 g/mol. The minimum Gasteiger partial charge on any atom is -0.412 e. The Bertz CT molecular complexity index is 32.2. The second-order valence-electron chi connectivity index (χ2n) is 0.224. The molecule has 9 nitrogen and oxygen atoms in total. The van der Waals surface area contributed by atoms with Crippen molar-refractivity contribution < 1.29 is 61.6 Å². The Morgan fingerprint density at radius 1 is 0.800 bits per heavy atom. The monoisotopic (exact) mass is 390 g/mol. The Morgan fingerprint density at radius 2 is 0.800 bits per heavy atom. The molecule has 0 aromatic rings. The van der Waals surface area contributed by atoms with Crippen molar-refractivity contribution in [3.63, 3.8) is 0 Å². The third-order valence-electron chi connectivity index (χ3n) is 0. The van der Waals surface area contributed by atoms with E-state index in [0.29, 0.717) is 0 Å². The summed E-state index contributed by atoms with van der Waals surface area (Å²) in [4.78, 5) is 8.25. The van der Waals surface area contributed by atoms with Gasteiger partial charge in [-0.05, 0) is 0 Å². The summed E-state index contributed by atoms with van der Waals surface area (Å²) in [5.74, 6) is 0. The summed E-state index contributed by atoms with van der Waals surface area (Å²) in [6, 6.07) is 0. The van der Waals surface area contributed by atoms with Gasteiger partial charge in [0.1, 0.15) is 0 Å². The van der Waals surface area contributed by atoms with Crippen molar-refractivity contribution in [3.05, 3.63) is 15.3 Å². The summed E-state index contributed by atoms with van der Waals surface area (Å²) in [5.41, 5.74) is 0. The molecular formula is H10NO8Pu-. The Hall–Kier alpha value is -0.0130. The SMILES string of the molecule is O.O.O.O.O.O=[N+]([O-])[O-].[Pu]. The number of rotatable bonds is 0. The zero-order chi connectivity index (χ0) is 3.58. The van der Waals surface area contributed by atoms with E-state index in [0.717, 1.165) is 0 Å². The van der Waals surface area contributed by atoms with E-state index in [1.165, 1.54) is 0 Å². The average molecular weight is 396 g/mol. The fraction of sp³-hybridized carbons (Fsp3) is 0. The maximum Gasteiger partial charge on any atom is 0.0689 e. The molecule has 0 amide bonds. The normalized spacial score (nSPS) is 2.40. The third kappa shape index (κ3) is 2310000. The van der Waals surface area contributed by atoms with Crippen LogP contribution in [0, 0.1) is 44.5 Å². The van der Waals surface area contributed by atoms with E-state index in [1.54, 1.807) is 0 Å². The molecule has 0 aromatic carbocycles. The van der Waals surface area contributed by atoms with Crippen LogP contribution in [0.3, 0.4) is 0 Å². The minimum atomic E-state index is -1.75. The molecule has 0 aliphatic rings. The van der Waals surface area contributed by atoms with E-state index >= 15 is 0 Å². The standard InChI is InChI=1S/NO3.5H2O.Pu/c2-1(3)4;;;;;;/h;5*1H2;/q-1;;;;;;. The third-order valence-corrected chi connectivity index (χ3v) is 0. The molecule has 10 heavy (non-hydrogen) atoms. The molecule has 0 unspecified atom stereocenters. The van der Waals surface area contributed by atoms with Gasteiger partial charge in [-0.2, -0.15) is 0 Å². The molecule has 0 heterocycles. The minimum absolute atomic E-state index is 0. The molecule has 0 rings (SSSR count). The van der Waals surface area contributed by atoms with E-state index in [1.807, 2.05) is 0 Å². The molecule has 0 spiro atoms. The smallest absolute Gasteiger partial charge is 0.0689 e.